The van der Waals surface area contributed by atoms with Crippen LogP contribution in [-0.4, -0.2) is 59.8 Å². The van der Waals surface area contributed by atoms with Gasteiger partial charge in [0.05, 0.1) is 0 Å². The Hall–Kier alpha value is -14.9. The molecular formula is C121H118N12. The zero-order valence-corrected chi connectivity index (χ0v) is 80.9. The molecule has 0 saturated heterocycles. The van der Waals surface area contributed by atoms with Gasteiger partial charge >= 0.3 is 0 Å². The summed E-state index contributed by atoms with van der Waals surface area (Å²) < 4.78 is 0. The van der Waals surface area contributed by atoms with Crippen molar-refractivity contribution in [1.29, 1.82) is 0 Å². The fraction of sp³-hybridized carbons (Fsp3) is 0.207. The van der Waals surface area contributed by atoms with E-state index in [0.29, 0.717) is 64.1 Å². The van der Waals surface area contributed by atoms with Crippen molar-refractivity contribution >= 4 is 0 Å². The van der Waals surface area contributed by atoms with Crippen LogP contribution >= 0.6 is 0 Å². The zero-order chi connectivity index (χ0) is 94.2. The normalized spacial score (nSPS) is 11.4. The minimum atomic E-state index is 0.0873. The number of aromatic nitrogens is 12. The van der Waals surface area contributed by atoms with Crippen LogP contribution in [-0.2, 0) is 16.2 Å². The molecular weight excluding hydrogens is 1620 g/mol. The number of hydrogen-bond acceptors (Lipinski definition) is 12. The summed E-state index contributed by atoms with van der Waals surface area (Å²) in [5.74, 6) is 8.26. The fourth-order valence-corrected chi connectivity index (χ4v) is 15.6. The zero-order valence-electron chi connectivity index (χ0n) is 80.9. The van der Waals surface area contributed by atoms with Crippen molar-refractivity contribution in [3.63, 3.8) is 0 Å². The summed E-state index contributed by atoms with van der Waals surface area (Å²) in [4.78, 5) is 58.5. The highest BCUT2D eigenvalue weighted by molar-refractivity contribution is 5.82. The molecule has 18 aromatic rings. The lowest BCUT2D eigenvalue weighted by Crippen LogP contribution is -2.12. The summed E-state index contributed by atoms with van der Waals surface area (Å²) in [6.07, 6.45) is 0. The minimum absolute atomic E-state index is 0.0873. The Labute approximate surface area is 786 Å². The molecule has 0 aliphatic carbocycles. The number of hydrogen-bond donors (Lipinski definition) is 0. The van der Waals surface area contributed by atoms with Crippen molar-refractivity contribution in [3.05, 3.63) is 404 Å². The second-order valence-corrected chi connectivity index (χ2v) is 38.6. The Morgan fingerprint density at radius 1 is 0.128 bits per heavy atom. The molecule has 0 atom stereocenters. The first kappa shape index (κ1) is 92.8. The van der Waals surface area contributed by atoms with Crippen molar-refractivity contribution in [2.75, 3.05) is 0 Å². The van der Waals surface area contributed by atoms with E-state index >= 15 is 0 Å². The number of aryl methyl sites for hydroxylation is 13. The maximum absolute atomic E-state index is 5.09. The molecule has 0 bridgehead atoms. The molecule has 0 aliphatic heterocycles. The summed E-state index contributed by atoms with van der Waals surface area (Å²) in [7, 11) is 0. The Bertz CT molecular complexity index is 6670. The fourth-order valence-electron chi connectivity index (χ4n) is 15.6. The van der Waals surface area contributed by atoms with Gasteiger partial charge < -0.3 is 0 Å². The Kier molecular flexibility index (Phi) is 27.8. The average molecular weight is 1740 g/mol. The average Bonchev–Trinajstić information content (AvgIpc) is 0.769. The van der Waals surface area contributed by atoms with Gasteiger partial charge in [0.25, 0.3) is 0 Å². The predicted octanol–water partition coefficient (Wildman–Crippen LogP) is 30.7. The molecule has 0 radical (unpaired) electrons. The molecule has 133 heavy (non-hydrogen) atoms. The van der Waals surface area contributed by atoms with E-state index in [2.05, 4.69) is 468 Å². The van der Waals surface area contributed by atoms with Crippen LogP contribution in [0.15, 0.2) is 315 Å². The summed E-state index contributed by atoms with van der Waals surface area (Å²) in [6, 6.07) is 110. The number of nitrogens with zero attached hydrogens (tertiary/aromatic N) is 12. The van der Waals surface area contributed by atoms with Gasteiger partial charge in [-0.3, -0.25) is 0 Å². The van der Waals surface area contributed by atoms with Gasteiger partial charge in [-0.2, -0.15) is 0 Å². The van der Waals surface area contributed by atoms with E-state index in [-0.39, 0.29) is 16.2 Å². The molecule has 662 valence electrons. The second kappa shape index (κ2) is 39.8. The molecule has 14 aromatic carbocycles. The largest absolute Gasteiger partial charge is 0.208 e. The van der Waals surface area contributed by atoms with Gasteiger partial charge in [0.1, 0.15) is 0 Å². The van der Waals surface area contributed by atoms with Gasteiger partial charge in [0.2, 0.25) is 0 Å². The Morgan fingerprint density at radius 2 is 0.286 bits per heavy atom. The highest BCUT2D eigenvalue weighted by Gasteiger charge is 2.24. The van der Waals surface area contributed by atoms with Gasteiger partial charge in [0.15, 0.2) is 69.9 Å². The van der Waals surface area contributed by atoms with Crippen LogP contribution in [0.25, 0.3) is 159 Å². The van der Waals surface area contributed by atoms with E-state index in [0.717, 1.165) is 94.8 Å². The van der Waals surface area contributed by atoms with E-state index in [1.54, 1.807) is 0 Å². The molecule has 4 heterocycles. The lowest BCUT2D eigenvalue weighted by molar-refractivity contribution is 0.589. The van der Waals surface area contributed by atoms with Gasteiger partial charge in [-0.25, -0.2) is 59.8 Å². The van der Waals surface area contributed by atoms with Crippen molar-refractivity contribution in [3.8, 4) is 159 Å². The number of benzene rings is 14. The van der Waals surface area contributed by atoms with Crippen molar-refractivity contribution in [2.24, 2.45) is 0 Å². The van der Waals surface area contributed by atoms with Gasteiger partial charge in [-0.15, -0.1) is 0 Å². The van der Waals surface area contributed by atoms with E-state index in [1.807, 2.05) is 0 Å². The van der Waals surface area contributed by atoms with Crippen molar-refractivity contribution < 1.29 is 0 Å². The molecule has 4 aromatic heterocycles. The number of rotatable bonds is 14. The van der Waals surface area contributed by atoms with Crippen LogP contribution in [0.3, 0.4) is 0 Å². The smallest absolute Gasteiger partial charge is 0.164 e. The molecule has 12 heteroatoms. The third kappa shape index (κ3) is 23.5. The lowest BCUT2D eigenvalue weighted by atomic mass is 9.83. The maximum Gasteiger partial charge on any atom is 0.164 e. The third-order valence-corrected chi connectivity index (χ3v) is 23.8. The summed E-state index contributed by atoms with van der Waals surface area (Å²) in [5, 5.41) is 0. The third-order valence-electron chi connectivity index (χ3n) is 23.8. The second-order valence-electron chi connectivity index (χ2n) is 38.6. The standard InChI is InChI=1S/C43H43N3.C29H31N3.C25H23N3.C24H21N3/c1-28-9-13-32(14-10-28)39-44-40(33-15-11-29(2)12-16-33)46-41(45-39)36-26-34(30-17-21-37(22-18-30)42(3,4)5)25-35(27-36)31-19-23-38(24-20-31)43(6,7)8;1-18-8-12-22(13-9-18)26-30-27(23-14-10-19(2)11-15-23)32-28(31-26)25-20(3)16-24(17-21(25)4)29(5,6)7;1-16-5-9-20(10-6-16)23-26-24(21-11-7-17(2)8-12-21)28-25(27-23)22-14-18(3)13-19(4)15-22;1-16-4-10-19(11-5-16)22-25-23(20-12-6-17(2)7-13-20)27-24(26-22)21-14-8-18(3)9-15-21/h9-27H,1-8H3;8-17H,1-7H3;5-15H,1-4H3;4-15H,1-3H3. The highest BCUT2D eigenvalue weighted by Crippen LogP contribution is 2.39. The molecule has 0 fully saturated rings. The monoisotopic (exact) mass is 1740 g/mol. The molecule has 0 amide bonds. The molecule has 18 rings (SSSR count). The molecule has 0 saturated carbocycles. The van der Waals surface area contributed by atoms with E-state index in [4.69, 9.17) is 59.8 Å². The Morgan fingerprint density at radius 3 is 0.474 bits per heavy atom. The Balaban J connectivity index is 0.000000139. The molecule has 12 nitrogen and oxygen atoms in total. The van der Waals surface area contributed by atoms with Crippen molar-refractivity contribution in [2.45, 2.75) is 169 Å². The first-order valence-electron chi connectivity index (χ1n) is 45.8. The van der Waals surface area contributed by atoms with E-state index in [1.165, 1.54) is 89.0 Å². The van der Waals surface area contributed by atoms with Gasteiger partial charge in [-0.05, 0) is 187 Å². The summed E-state index contributed by atoms with van der Waals surface area (Å²) in [6.45, 7) is 47.5. The molecule has 0 unspecified atom stereocenters. The SMILES string of the molecule is Cc1ccc(-c2nc(-c3ccc(C)cc3)nc(-c3c(C)cc(C(C)(C)C)cc3C)n2)cc1.Cc1ccc(-c2nc(-c3ccc(C)cc3)nc(-c3cc(-c4ccc(C(C)(C)C)cc4)cc(-c4ccc(C(C)(C)C)cc4)c3)n2)cc1.Cc1ccc(-c2nc(-c3ccc(C)cc3)nc(-c3cc(C)cc(C)c3)n2)cc1.Cc1ccc(-c2nc(-c3ccc(C)cc3)nc(-c3ccc(C)cc3)n2)cc1. The topological polar surface area (TPSA) is 155 Å². The molecule has 0 N–H and O–H groups in total. The van der Waals surface area contributed by atoms with Crippen LogP contribution in [0.4, 0.5) is 0 Å². The van der Waals surface area contributed by atoms with Crippen LogP contribution < -0.4 is 0 Å². The highest BCUT2D eigenvalue weighted by atomic mass is 15.1. The van der Waals surface area contributed by atoms with Crippen LogP contribution in [0.5, 0.6) is 0 Å². The van der Waals surface area contributed by atoms with E-state index < -0.39 is 0 Å². The first-order valence-corrected chi connectivity index (χ1v) is 45.8. The van der Waals surface area contributed by atoms with Crippen LogP contribution in [0, 0.1) is 90.0 Å². The van der Waals surface area contributed by atoms with Gasteiger partial charge in [-0.1, -0.05) is 409 Å². The predicted molar refractivity (Wildman–Crippen MR) is 553 cm³/mol. The van der Waals surface area contributed by atoms with Crippen LogP contribution in [0.1, 0.15) is 151 Å². The lowest BCUT2D eigenvalue weighted by Gasteiger charge is -2.22. The van der Waals surface area contributed by atoms with Crippen LogP contribution in [0.2, 0.25) is 0 Å². The molecule has 0 spiro atoms. The van der Waals surface area contributed by atoms with Crippen molar-refractivity contribution in [1.82, 2.24) is 59.8 Å². The first-order chi connectivity index (χ1) is 63.5. The van der Waals surface area contributed by atoms with E-state index in [9.17, 15) is 0 Å². The minimum Gasteiger partial charge on any atom is -0.208 e. The summed E-state index contributed by atoms with van der Waals surface area (Å²) >= 11 is 0. The summed E-state index contributed by atoms with van der Waals surface area (Å²) in [5.41, 5.74) is 36.4. The molecule has 0 aliphatic rings. The maximum atomic E-state index is 5.09. The quantitative estimate of drug-likeness (QED) is 0.102. The van der Waals surface area contributed by atoms with Gasteiger partial charge in [0, 0.05) is 66.8 Å².